The Morgan fingerprint density at radius 3 is 1.59 bits per heavy atom. The van der Waals surface area contributed by atoms with Gasteiger partial charge in [-0.2, -0.15) is 0 Å². The van der Waals surface area contributed by atoms with Crippen molar-refractivity contribution in [3.8, 4) is 6.07 Å². The van der Waals surface area contributed by atoms with Gasteiger partial charge in [0.2, 0.25) is 0 Å². The molecule has 4 aromatic carbocycles. The summed E-state index contributed by atoms with van der Waals surface area (Å²) in [5.41, 5.74) is 2.58. The van der Waals surface area contributed by atoms with Crippen LogP contribution in [0.4, 0.5) is 5.69 Å². The quantitative estimate of drug-likeness (QED) is 0.208. The van der Waals surface area contributed by atoms with Gasteiger partial charge in [0.15, 0.2) is 0 Å². The van der Waals surface area contributed by atoms with Gasteiger partial charge in [-0.05, 0) is 0 Å². The molecular weight excluding hydrogens is 546 g/mol. The third kappa shape index (κ3) is 5.52. The van der Waals surface area contributed by atoms with Crippen molar-refractivity contribution in [2.75, 3.05) is 18.0 Å². The van der Waals surface area contributed by atoms with E-state index in [1.54, 1.807) is 0 Å². The van der Waals surface area contributed by atoms with E-state index in [4.69, 9.17) is 5.26 Å². The number of nitriles is 1. The molecule has 0 fully saturated rings. The Hall–Kier alpha value is -2.67. The predicted molar refractivity (Wildman–Crippen MR) is 142 cm³/mol. The van der Waals surface area contributed by atoms with Gasteiger partial charge in [0, 0.05) is 0 Å². The van der Waals surface area contributed by atoms with Crippen molar-refractivity contribution in [2.45, 2.75) is 19.5 Å². The van der Waals surface area contributed by atoms with Crippen LogP contribution in [0.15, 0.2) is 115 Å². The molecule has 0 aromatic heterocycles. The minimum absolute atomic E-state index is 0.554. The van der Waals surface area contributed by atoms with Crippen molar-refractivity contribution in [3.63, 3.8) is 0 Å². The first kappa shape index (κ1) is 24.5. The molecule has 1 unspecified atom stereocenters. The molecule has 4 rings (SSSR count). The number of benzene rings is 4. The topological polar surface area (TPSA) is 27.0 Å². The van der Waals surface area contributed by atoms with Crippen LogP contribution in [-0.2, 0) is 6.16 Å². The summed E-state index contributed by atoms with van der Waals surface area (Å²) in [7, 11) is 0. The maximum absolute atomic E-state index is 8.96. The molecule has 0 aliphatic carbocycles. The minimum atomic E-state index is -2.77. The zero-order chi connectivity index (χ0) is 23.6. The zero-order valence-electron chi connectivity index (χ0n) is 19.6. The summed E-state index contributed by atoms with van der Waals surface area (Å²) >= 11 is -2.77. The van der Waals surface area contributed by atoms with E-state index in [0.717, 1.165) is 25.5 Å². The van der Waals surface area contributed by atoms with E-state index < -0.39 is 17.9 Å². The number of halogens is 1. The van der Waals surface area contributed by atoms with Crippen LogP contribution >= 0.6 is 6.22 Å². The number of hydrogen-bond donors (Lipinski definition) is 0. The van der Waals surface area contributed by atoms with Crippen LogP contribution in [0, 0.1) is 22.0 Å². The summed E-state index contributed by atoms with van der Waals surface area (Å²) in [6, 6.07) is 44.9. The number of anilines is 1. The fraction of sp³-hybridized carbons (Fsp3) is 0.167. The molecule has 0 aliphatic rings. The monoisotopic (exact) mass is 577 g/mol. The molecule has 4 heteroatoms. The van der Waals surface area contributed by atoms with Gasteiger partial charge in [-0.1, -0.05) is 0 Å². The standard InChI is InChI=1S/C30H31IN2P/c1-2-33(24-12-23-32)30-21-19-26(20-22-30)25-34-31(27-13-6-3-7-14-27,28-15-8-4-9-16-28)29-17-10-5-11-18-29/h3-11,13-22,34H,2,12,24-25H2,1H3/q-1. The molecule has 0 amide bonds. The van der Waals surface area contributed by atoms with Crippen LogP contribution in [0.3, 0.4) is 0 Å². The van der Waals surface area contributed by atoms with Gasteiger partial charge in [0.25, 0.3) is 0 Å². The van der Waals surface area contributed by atoms with Crippen LogP contribution in [0.5, 0.6) is 0 Å². The Morgan fingerprint density at radius 2 is 1.18 bits per heavy atom. The van der Waals surface area contributed by atoms with Gasteiger partial charge in [-0.15, -0.1) is 0 Å². The van der Waals surface area contributed by atoms with E-state index in [1.165, 1.54) is 22.0 Å². The molecule has 0 N–H and O–H groups in total. The molecule has 2 nitrogen and oxygen atoms in total. The van der Waals surface area contributed by atoms with Gasteiger partial charge in [-0.25, -0.2) is 0 Å². The summed E-state index contributed by atoms with van der Waals surface area (Å²) in [5, 5.41) is 8.96. The Morgan fingerprint density at radius 1 is 0.706 bits per heavy atom. The summed E-state index contributed by atoms with van der Waals surface area (Å²) in [6.45, 7) is 3.84. The van der Waals surface area contributed by atoms with Crippen molar-refractivity contribution < 1.29 is 17.9 Å². The van der Waals surface area contributed by atoms with Gasteiger partial charge < -0.3 is 0 Å². The van der Waals surface area contributed by atoms with Gasteiger partial charge in [0.05, 0.1) is 0 Å². The van der Waals surface area contributed by atoms with E-state index in [-0.39, 0.29) is 0 Å². The molecule has 0 saturated heterocycles. The maximum atomic E-state index is 8.96. The van der Waals surface area contributed by atoms with Gasteiger partial charge >= 0.3 is 210 Å². The van der Waals surface area contributed by atoms with Crippen molar-refractivity contribution >= 4 is 11.9 Å². The summed E-state index contributed by atoms with van der Waals surface area (Å²) in [5.74, 6) is 0. The molecule has 0 heterocycles. The van der Waals surface area contributed by atoms with Crippen LogP contribution in [0.25, 0.3) is 0 Å². The second-order valence-electron chi connectivity index (χ2n) is 7.92. The van der Waals surface area contributed by atoms with E-state index in [1.807, 2.05) is 0 Å². The van der Waals surface area contributed by atoms with Crippen molar-refractivity contribution in [1.82, 2.24) is 0 Å². The molecule has 4 aromatic rings. The third-order valence-corrected chi connectivity index (χ3v) is 23.5. The summed E-state index contributed by atoms with van der Waals surface area (Å²) < 4.78 is 4.53. The zero-order valence-corrected chi connectivity index (χ0v) is 22.7. The van der Waals surface area contributed by atoms with Gasteiger partial charge in [0.1, 0.15) is 0 Å². The Balaban J connectivity index is 1.69. The van der Waals surface area contributed by atoms with Crippen molar-refractivity contribution in [3.05, 3.63) is 132 Å². The first-order chi connectivity index (χ1) is 16.8. The molecular formula is C30H31IN2P-. The third-order valence-electron chi connectivity index (χ3n) is 5.83. The van der Waals surface area contributed by atoms with Crippen LogP contribution in [0.1, 0.15) is 18.9 Å². The Kier molecular flexibility index (Phi) is 8.74. The molecule has 0 radical (unpaired) electrons. The second-order valence-corrected chi connectivity index (χ2v) is 21.6. The first-order valence-electron chi connectivity index (χ1n) is 11.7. The molecule has 0 bridgehead atoms. The van der Waals surface area contributed by atoms with E-state index in [9.17, 15) is 0 Å². The van der Waals surface area contributed by atoms with E-state index in [2.05, 4.69) is 133 Å². The SMILES string of the molecule is CCN(CCC#N)c1ccc(CP[I-](c2ccccc2)(c2ccccc2)c2ccccc2)cc1. The normalized spacial score (nSPS) is 11.9. The molecule has 34 heavy (non-hydrogen) atoms. The Labute approximate surface area is 209 Å². The number of nitrogens with zero attached hydrogens (tertiary/aromatic N) is 2. The first-order valence-corrected chi connectivity index (χ1v) is 19.2. The summed E-state index contributed by atoms with van der Waals surface area (Å²) in [4.78, 5) is 2.27. The average Bonchev–Trinajstić information content (AvgIpc) is 2.92. The second kappa shape index (κ2) is 12.2. The van der Waals surface area contributed by atoms with Crippen molar-refractivity contribution in [2.24, 2.45) is 0 Å². The van der Waals surface area contributed by atoms with Crippen LogP contribution in [-0.4, -0.2) is 13.1 Å². The predicted octanol–water partition coefficient (Wildman–Crippen LogP) is 4.29. The number of hydrogen-bond acceptors (Lipinski definition) is 2. The molecule has 1 atom stereocenters. The average molecular weight is 577 g/mol. The Bertz CT molecular complexity index is 1090. The van der Waals surface area contributed by atoms with Crippen LogP contribution < -0.4 is 22.8 Å². The number of rotatable bonds is 10. The van der Waals surface area contributed by atoms with E-state index >= 15 is 0 Å². The van der Waals surface area contributed by atoms with Crippen molar-refractivity contribution in [1.29, 1.82) is 5.26 Å². The molecule has 0 aliphatic heterocycles. The molecule has 174 valence electrons. The fourth-order valence-corrected chi connectivity index (χ4v) is 21.3. The molecule has 0 spiro atoms. The summed E-state index contributed by atoms with van der Waals surface area (Å²) in [6.07, 6.45) is 2.44. The van der Waals surface area contributed by atoms with Crippen LogP contribution in [0.2, 0.25) is 0 Å². The van der Waals surface area contributed by atoms with E-state index in [0.29, 0.717) is 6.42 Å². The fourth-order valence-electron chi connectivity index (χ4n) is 4.08. The van der Waals surface area contributed by atoms with Gasteiger partial charge in [-0.3, -0.25) is 0 Å². The molecule has 0 saturated carbocycles.